The first kappa shape index (κ1) is 22.2. The van der Waals surface area contributed by atoms with Gasteiger partial charge in [-0.1, -0.05) is 43.7 Å². The Morgan fingerprint density at radius 3 is 2.73 bits per heavy atom. The van der Waals surface area contributed by atoms with Crippen molar-refractivity contribution >= 4 is 29.4 Å². The highest BCUT2D eigenvalue weighted by atomic mass is 32.1. The molecule has 0 bridgehead atoms. The number of ether oxygens (including phenoxy) is 2. The first-order valence-electron chi connectivity index (χ1n) is 9.97. The molecule has 0 saturated carbocycles. The van der Waals surface area contributed by atoms with Crippen LogP contribution in [0.15, 0.2) is 42.0 Å². The van der Waals surface area contributed by atoms with Crippen LogP contribution in [0.5, 0.6) is 0 Å². The van der Waals surface area contributed by atoms with E-state index in [2.05, 4.69) is 5.32 Å². The molecule has 1 aromatic carbocycles. The lowest BCUT2D eigenvalue weighted by molar-refractivity contribution is -0.125. The number of carbonyl (C=O) groups excluding carboxylic acids is 2. The number of thiocarbonyl (C=S) groups is 1. The van der Waals surface area contributed by atoms with E-state index in [1.165, 1.54) is 11.0 Å². The molecule has 1 aliphatic heterocycles. The van der Waals surface area contributed by atoms with E-state index in [1.54, 1.807) is 0 Å². The van der Waals surface area contributed by atoms with Gasteiger partial charge in [0.2, 0.25) is 0 Å². The molecule has 4 atom stereocenters. The van der Waals surface area contributed by atoms with E-state index >= 15 is 0 Å². The number of nitrogens with one attached hydrogen (secondary N) is 1. The molecule has 3 unspecified atom stereocenters. The summed E-state index contributed by atoms with van der Waals surface area (Å²) in [4.78, 5) is 26.6. The van der Waals surface area contributed by atoms with Crippen molar-refractivity contribution < 1.29 is 29.3 Å². The van der Waals surface area contributed by atoms with Crippen molar-refractivity contribution in [1.82, 2.24) is 10.2 Å². The summed E-state index contributed by atoms with van der Waals surface area (Å²) in [5.74, 6) is -0.427. The van der Waals surface area contributed by atoms with Crippen LogP contribution in [0.4, 0.5) is 4.79 Å². The minimum atomic E-state index is -1.31. The predicted octanol–water partition coefficient (Wildman–Crippen LogP) is 1.82. The summed E-state index contributed by atoms with van der Waals surface area (Å²) in [6, 6.07) is 8.11. The molecule has 3 rings (SSSR count). The Morgan fingerprint density at radius 1 is 1.30 bits per heavy atom. The van der Waals surface area contributed by atoms with Crippen LogP contribution in [-0.4, -0.2) is 63.8 Å². The Balaban J connectivity index is 1.73. The Morgan fingerprint density at radius 2 is 2.03 bits per heavy atom. The second-order valence-electron chi connectivity index (χ2n) is 7.30. The minimum Gasteiger partial charge on any atom is -0.468 e. The molecule has 1 heterocycles. The van der Waals surface area contributed by atoms with Gasteiger partial charge in [-0.25, -0.2) is 4.79 Å². The third-order valence-corrected chi connectivity index (χ3v) is 5.47. The van der Waals surface area contributed by atoms with E-state index in [4.69, 9.17) is 21.7 Å². The maximum Gasteiger partial charge on any atom is 0.407 e. The number of hydrogen-bond donors (Lipinski definition) is 3. The quantitative estimate of drug-likeness (QED) is 0.463. The van der Waals surface area contributed by atoms with Crippen LogP contribution in [-0.2, 0) is 14.3 Å². The molecule has 8 nitrogen and oxygen atoms in total. The summed E-state index contributed by atoms with van der Waals surface area (Å²) in [5.41, 5.74) is 1.11. The number of aliphatic hydroxyl groups is 2. The fraction of sp³-hybridized carbons (Fsp3) is 0.476. The number of carbonyl (C=O) groups is 2. The van der Waals surface area contributed by atoms with Crippen LogP contribution in [0.3, 0.4) is 0 Å². The highest BCUT2D eigenvalue weighted by Gasteiger charge is 2.41. The average molecular weight is 435 g/mol. The molecule has 2 aliphatic rings. The second kappa shape index (κ2) is 10.0. The number of alkyl carbamates (subject to hydrolysis) is 1. The molecule has 9 heteroatoms. The van der Waals surface area contributed by atoms with Crippen molar-refractivity contribution in [1.29, 1.82) is 0 Å². The molecule has 2 amide bonds. The van der Waals surface area contributed by atoms with Crippen molar-refractivity contribution in [2.45, 2.75) is 50.5 Å². The SMILES string of the molecule is CCCCOC(=O)NC1CC(C(=O)N2C(=S)OC[C@H]2c2ccccc2)=CC(O)C1O. The standard InChI is InChI=1S/C21H26N2O6S/c1-2-3-9-28-20(27)22-15-10-14(11-17(24)18(15)25)19(26)23-16(12-29-21(23)30)13-7-5-4-6-8-13/h4-8,11,15-18,24-25H,2-3,9-10,12H2,1H3,(H,22,27)/t15?,16-,17?,18?/m0/s1. The van der Waals surface area contributed by atoms with Gasteiger partial charge in [0.05, 0.1) is 12.6 Å². The number of hydrogen-bond acceptors (Lipinski definition) is 7. The van der Waals surface area contributed by atoms with Crippen molar-refractivity contribution in [2.75, 3.05) is 13.2 Å². The van der Waals surface area contributed by atoms with Crippen molar-refractivity contribution in [3.8, 4) is 0 Å². The van der Waals surface area contributed by atoms with E-state index in [0.29, 0.717) is 0 Å². The number of nitrogens with zero attached hydrogens (tertiary/aromatic N) is 1. The highest BCUT2D eigenvalue weighted by molar-refractivity contribution is 7.80. The second-order valence-corrected chi connectivity index (χ2v) is 7.65. The molecular formula is C21H26N2O6S. The highest BCUT2D eigenvalue weighted by Crippen LogP contribution is 2.31. The van der Waals surface area contributed by atoms with E-state index in [-0.39, 0.29) is 36.4 Å². The number of rotatable bonds is 6. The molecule has 1 aromatic rings. The first-order valence-corrected chi connectivity index (χ1v) is 10.4. The number of benzene rings is 1. The summed E-state index contributed by atoms with van der Waals surface area (Å²) in [7, 11) is 0. The van der Waals surface area contributed by atoms with Gasteiger partial charge in [0.1, 0.15) is 24.9 Å². The smallest absolute Gasteiger partial charge is 0.407 e. The minimum absolute atomic E-state index is 0.0283. The number of amides is 2. The number of unbranched alkanes of at least 4 members (excludes halogenated alkanes) is 1. The van der Waals surface area contributed by atoms with E-state index in [1.807, 2.05) is 37.3 Å². The molecule has 1 fully saturated rings. The maximum absolute atomic E-state index is 13.2. The van der Waals surface area contributed by atoms with E-state index in [9.17, 15) is 19.8 Å². The zero-order valence-corrected chi connectivity index (χ0v) is 17.5. The van der Waals surface area contributed by atoms with Crippen LogP contribution >= 0.6 is 12.2 Å². The molecule has 1 saturated heterocycles. The van der Waals surface area contributed by atoms with Crippen molar-refractivity contribution in [2.24, 2.45) is 0 Å². The molecule has 0 radical (unpaired) electrons. The number of aliphatic hydroxyl groups excluding tert-OH is 2. The van der Waals surface area contributed by atoms with Gasteiger partial charge in [0.25, 0.3) is 11.1 Å². The maximum atomic E-state index is 13.2. The van der Waals surface area contributed by atoms with Gasteiger partial charge in [0.15, 0.2) is 0 Å². The van der Waals surface area contributed by atoms with Crippen LogP contribution < -0.4 is 5.32 Å². The van der Waals surface area contributed by atoms with Gasteiger partial charge in [-0.2, -0.15) is 0 Å². The lowest BCUT2D eigenvalue weighted by Crippen LogP contribution is -2.52. The Bertz CT molecular complexity index is 815. The van der Waals surface area contributed by atoms with Gasteiger partial charge in [-0.3, -0.25) is 9.69 Å². The summed E-state index contributed by atoms with van der Waals surface area (Å²) in [5, 5.41) is 23.1. The fourth-order valence-electron chi connectivity index (χ4n) is 3.49. The average Bonchev–Trinajstić information content (AvgIpc) is 3.13. The Labute approximate surface area is 180 Å². The van der Waals surface area contributed by atoms with Gasteiger partial charge in [0, 0.05) is 12.0 Å². The summed E-state index contributed by atoms with van der Waals surface area (Å²) < 4.78 is 10.5. The van der Waals surface area contributed by atoms with Crippen molar-refractivity contribution in [3.63, 3.8) is 0 Å². The van der Waals surface area contributed by atoms with Crippen LogP contribution in [0.1, 0.15) is 37.8 Å². The van der Waals surface area contributed by atoms with Gasteiger partial charge in [-0.15, -0.1) is 0 Å². The predicted molar refractivity (Wildman–Crippen MR) is 112 cm³/mol. The molecule has 0 spiro atoms. The monoisotopic (exact) mass is 434 g/mol. The van der Waals surface area contributed by atoms with E-state index < -0.39 is 30.3 Å². The van der Waals surface area contributed by atoms with Crippen molar-refractivity contribution in [3.05, 3.63) is 47.5 Å². The molecule has 162 valence electrons. The van der Waals surface area contributed by atoms with Crippen LogP contribution in [0.2, 0.25) is 0 Å². The summed E-state index contributed by atoms with van der Waals surface area (Å²) >= 11 is 5.23. The summed E-state index contributed by atoms with van der Waals surface area (Å²) in [6.45, 7) is 2.46. The first-order chi connectivity index (χ1) is 14.4. The van der Waals surface area contributed by atoms with E-state index in [0.717, 1.165) is 18.4 Å². The summed E-state index contributed by atoms with van der Waals surface area (Å²) in [6.07, 6.45) is -0.342. The zero-order chi connectivity index (χ0) is 21.7. The molecule has 0 aromatic heterocycles. The van der Waals surface area contributed by atoms with Crippen LogP contribution in [0, 0.1) is 0 Å². The Kier molecular flexibility index (Phi) is 7.41. The zero-order valence-electron chi connectivity index (χ0n) is 16.7. The molecule has 30 heavy (non-hydrogen) atoms. The normalized spacial score (nSPS) is 26.0. The van der Waals surface area contributed by atoms with Gasteiger partial charge >= 0.3 is 6.09 Å². The lowest BCUT2D eigenvalue weighted by atomic mass is 9.89. The fourth-order valence-corrected chi connectivity index (χ4v) is 3.77. The van der Waals surface area contributed by atoms with Gasteiger partial charge < -0.3 is 25.0 Å². The molecule has 3 N–H and O–H groups in total. The topological polar surface area (TPSA) is 108 Å². The third kappa shape index (κ3) is 4.97. The molecular weight excluding hydrogens is 408 g/mol. The van der Waals surface area contributed by atoms with Gasteiger partial charge in [-0.05, 0) is 30.3 Å². The third-order valence-electron chi connectivity index (χ3n) is 5.16. The Hall–Kier alpha value is -2.49. The molecule has 1 aliphatic carbocycles. The largest absolute Gasteiger partial charge is 0.468 e. The van der Waals surface area contributed by atoms with Crippen LogP contribution in [0.25, 0.3) is 0 Å². The lowest BCUT2D eigenvalue weighted by Gasteiger charge is -2.32.